The largest absolute Gasteiger partial charge is 0.463 e. The van der Waals surface area contributed by atoms with Crippen LogP contribution in [-0.4, -0.2) is 31.2 Å². The van der Waals surface area contributed by atoms with Gasteiger partial charge in [-0.3, -0.25) is 9.36 Å². The van der Waals surface area contributed by atoms with E-state index in [-0.39, 0.29) is 17.7 Å². The molecular formula is C25H24FN3O3S. The summed E-state index contributed by atoms with van der Waals surface area (Å²) in [4.78, 5) is 33.4. The highest BCUT2D eigenvalue weighted by Gasteiger charge is 2.33. The summed E-state index contributed by atoms with van der Waals surface area (Å²) >= 11 is 1.26. The molecule has 0 N–H and O–H groups in total. The molecule has 0 fully saturated rings. The van der Waals surface area contributed by atoms with Gasteiger partial charge in [-0.15, -0.1) is 0 Å². The van der Waals surface area contributed by atoms with Gasteiger partial charge in [0.05, 0.1) is 28.5 Å². The number of hydrogen-bond donors (Lipinski definition) is 0. The number of fused-ring (bicyclic) bond motifs is 1. The second-order valence-corrected chi connectivity index (χ2v) is 8.85. The van der Waals surface area contributed by atoms with Gasteiger partial charge in [0.15, 0.2) is 4.80 Å². The first-order valence-corrected chi connectivity index (χ1v) is 11.3. The van der Waals surface area contributed by atoms with E-state index >= 15 is 0 Å². The number of carbonyl (C=O) groups excluding carboxylic acids is 1. The highest BCUT2D eigenvalue weighted by Crippen LogP contribution is 2.30. The van der Waals surface area contributed by atoms with E-state index in [4.69, 9.17) is 4.74 Å². The van der Waals surface area contributed by atoms with Crippen LogP contribution in [0.1, 0.15) is 31.0 Å². The predicted octanol–water partition coefficient (Wildman–Crippen LogP) is 3.00. The van der Waals surface area contributed by atoms with Crippen molar-refractivity contribution in [3.05, 3.63) is 96.4 Å². The fraction of sp³-hybridized carbons (Fsp3) is 0.240. The van der Waals surface area contributed by atoms with Crippen LogP contribution >= 0.6 is 11.3 Å². The monoisotopic (exact) mass is 465 g/mol. The summed E-state index contributed by atoms with van der Waals surface area (Å²) in [6.07, 6.45) is 1.81. The van der Waals surface area contributed by atoms with Crippen LogP contribution in [0.2, 0.25) is 0 Å². The Morgan fingerprint density at radius 3 is 2.45 bits per heavy atom. The fourth-order valence-corrected chi connectivity index (χ4v) is 4.82. The lowest BCUT2D eigenvalue weighted by molar-refractivity contribution is -0.139. The fourth-order valence-electron chi connectivity index (χ4n) is 3.77. The molecule has 0 unspecified atom stereocenters. The van der Waals surface area contributed by atoms with Gasteiger partial charge in [-0.1, -0.05) is 35.6 Å². The average Bonchev–Trinajstić information content (AvgIpc) is 3.08. The van der Waals surface area contributed by atoms with Gasteiger partial charge in [-0.25, -0.2) is 14.2 Å². The molecule has 3 aromatic rings. The minimum absolute atomic E-state index is 0.194. The highest BCUT2D eigenvalue weighted by atomic mass is 32.1. The first-order valence-electron chi connectivity index (χ1n) is 10.5. The maximum atomic E-state index is 13.6. The van der Waals surface area contributed by atoms with Crippen LogP contribution in [0.15, 0.2) is 69.6 Å². The van der Waals surface area contributed by atoms with Crippen molar-refractivity contribution in [3.63, 3.8) is 0 Å². The molecule has 0 aliphatic carbocycles. The van der Waals surface area contributed by atoms with Gasteiger partial charge < -0.3 is 9.64 Å². The number of esters is 1. The lowest BCUT2D eigenvalue weighted by Crippen LogP contribution is -2.39. The Labute approximate surface area is 194 Å². The van der Waals surface area contributed by atoms with Crippen LogP contribution < -0.4 is 19.8 Å². The van der Waals surface area contributed by atoms with Crippen molar-refractivity contribution >= 4 is 29.1 Å². The van der Waals surface area contributed by atoms with Crippen molar-refractivity contribution in [1.29, 1.82) is 0 Å². The van der Waals surface area contributed by atoms with Gasteiger partial charge in [0.1, 0.15) is 5.82 Å². The summed E-state index contributed by atoms with van der Waals surface area (Å²) in [7, 11) is 3.93. The average molecular weight is 466 g/mol. The first kappa shape index (κ1) is 22.7. The molecule has 0 saturated carbocycles. The number of allylic oxidation sites excluding steroid dienone is 1. The van der Waals surface area contributed by atoms with Gasteiger partial charge in [-0.2, -0.15) is 0 Å². The first-order chi connectivity index (χ1) is 15.8. The number of benzene rings is 2. The van der Waals surface area contributed by atoms with Gasteiger partial charge in [0.2, 0.25) is 0 Å². The van der Waals surface area contributed by atoms with E-state index in [0.717, 1.165) is 11.3 Å². The molecule has 33 heavy (non-hydrogen) atoms. The van der Waals surface area contributed by atoms with Crippen LogP contribution in [0, 0.1) is 5.82 Å². The molecule has 8 heteroatoms. The van der Waals surface area contributed by atoms with E-state index in [1.54, 1.807) is 26.0 Å². The number of anilines is 1. The summed E-state index contributed by atoms with van der Waals surface area (Å²) in [5, 5.41) is 0. The van der Waals surface area contributed by atoms with Crippen LogP contribution in [0.3, 0.4) is 0 Å². The second-order valence-electron chi connectivity index (χ2n) is 7.84. The highest BCUT2D eigenvalue weighted by molar-refractivity contribution is 7.07. The summed E-state index contributed by atoms with van der Waals surface area (Å²) in [5.74, 6) is -0.938. The Balaban J connectivity index is 1.90. The summed E-state index contributed by atoms with van der Waals surface area (Å²) in [5.41, 5.74) is 3.03. The van der Waals surface area contributed by atoms with Crippen molar-refractivity contribution < 1.29 is 13.9 Å². The molecule has 0 spiro atoms. The molecule has 1 aliphatic heterocycles. The number of nitrogens with zero attached hydrogens (tertiary/aromatic N) is 3. The van der Waals surface area contributed by atoms with E-state index in [2.05, 4.69) is 4.99 Å². The second kappa shape index (κ2) is 9.15. The quantitative estimate of drug-likeness (QED) is 0.544. The van der Waals surface area contributed by atoms with Crippen molar-refractivity contribution in [2.75, 3.05) is 25.6 Å². The summed E-state index contributed by atoms with van der Waals surface area (Å²) in [6, 6.07) is 12.9. The number of hydrogen-bond acceptors (Lipinski definition) is 6. The zero-order valence-corrected chi connectivity index (χ0v) is 19.6. The Bertz CT molecular complexity index is 1400. The standard InChI is InChI=1S/C25H24FN3O3S/c1-5-32-24(31)21-15(2)27-25-29(22(21)17-8-10-18(26)11-9-17)23(30)20(33-25)14-16-6-12-19(13-7-16)28(3)4/h6-14,22H,5H2,1-4H3/t22-/m0/s1. The van der Waals surface area contributed by atoms with Gasteiger partial charge in [-0.05, 0) is 55.3 Å². The Morgan fingerprint density at radius 2 is 1.85 bits per heavy atom. The molecule has 1 atom stereocenters. The molecule has 0 amide bonds. The molecule has 0 saturated heterocycles. The van der Waals surface area contributed by atoms with Crippen molar-refractivity contribution in [2.24, 2.45) is 4.99 Å². The third kappa shape index (κ3) is 4.39. The van der Waals surface area contributed by atoms with Gasteiger partial charge in [0.25, 0.3) is 5.56 Å². The minimum atomic E-state index is -0.751. The maximum Gasteiger partial charge on any atom is 0.338 e. The van der Waals surface area contributed by atoms with Gasteiger partial charge in [0, 0.05) is 19.8 Å². The predicted molar refractivity (Wildman–Crippen MR) is 128 cm³/mol. The SMILES string of the molecule is CCOC(=O)C1=C(C)N=c2sc(=Cc3ccc(N(C)C)cc3)c(=O)n2[C@H]1c1ccc(F)cc1. The molecule has 0 radical (unpaired) electrons. The van der Waals surface area contributed by atoms with E-state index < -0.39 is 17.8 Å². The number of rotatable bonds is 5. The number of ether oxygens (including phenoxy) is 1. The lowest BCUT2D eigenvalue weighted by Gasteiger charge is -2.24. The van der Waals surface area contributed by atoms with E-state index in [9.17, 15) is 14.0 Å². The molecular weight excluding hydrogens is 441 g/mol. The van der Waals surface area contributed by atoms with Crippen molar-refractivity contribution in [3.8, 4) is 0 Å². The molecule has 2 heterocycles. The molecule has 4 rings (SSSR count). The Morgan fingerprint density at radius 1 is 1.18 bits per heavy atom. The number of thiazole rings is 1. The van der Waals surface area contributed by atoms with E-state index in [1.165, 1.54) is 28.0 Å². The van der Waals surface area contributed by atoms with E-state index in [0.29, 0.717) is 20.6 Å². The van der Waals surface area contributed by atoms with Crippen LogP contribution in [0.25, 0.3) is 6.08 Å². The molecule has 2 aromatic carbocycles. The molecule has 170 valence electrons. The molecule has 6 nitrogen and oxygen atoms in total. The number of halogens is 1. The minimum Gasteiger partial charge on any atom is -0.463 e. The normalized spacial score (nSPS) is 15.8. The van der Waals surface area contributed by atoms with Crippen LogP contribution in [-0.2, 0) is 9.53 Å². The summed E-state index contributed by atoms with van der Waals surface area (Å²) in [6.45, 7) is 3.64. The smallest absolute Gasteiger partial charge is 0.338 e. The number of aromatic nitrogens is 1. The zero-order chi connectivity index (χ0) is 23.7. The van der Waals surface area contributed by atoms with Crippen molar-refractivity contribution in [1.82, 2.24) is 4.57 Å². The molecule has 1 aliphatic rings. The molecule has 1 aromatic heterocycles. The third-order valence-electron chi connectivity index (χ3n) is 5.41. The summed E-state index contributed by atoms with van der Waals surface area (Å²) < 4.78 is 20.9. The maximum absolute atomic E-state index is 13.6. The zero-order valence-electron chi connectivity index (χ0n) is 18.8. The van der Waals surface area contributed by atoms with E-state index in [1.807, 2.05) is 49.3 Å². The van der Waals surface area contributed by atoms with Crippen LogP contribution in [0.5, 0.6) is 0 Å². The number of carbonyl (C=O) groups is 1. The van der Waals surface area contributed by atoms with Gasteiger partial charge >= 0.3 is 5.97 Å². The topological polar surface area (TPSA) is 63.9 Å². The van der Waals surface area contributed by atoms with Crippen molar-refractivity contribution in [2.45, 2.75) is 19.9 Å². The third-order valence-corrected chi connectivity index (χ3v) is 6.39. The molecule has 0 bridgehead atoms. The van der Waals surface area contributed by atoms with Crippen LogP contribution in [0.4, 0.5) is 10.1 Å². The Kier molecular flexibility index (Phi) is 6.29. The Hall–Kier alpha value is -3.52. The lowest BCUT2D eigenvalue weighted by atomic mass is 9.96.